The summed E-state index contributed by atoms with van der Waals surface area (Å²) in [4.78, 5) is 0. The Morgan fingerprint density at radius 2 is 1.67 bits per heavy atom. The summed E-state index contributed by atoms with van der Waals surface area (Å²) in [6.45, 7) is 0. The highest BCUT2D eigenvalue weighted by Gasteiger charge is 2.02. The Hall–Kier alpha value is -0.0500. The molecule has 0 heterocycles. The number of hydrogen-bond donors (Lipinski definition) is 0. The van der Waals surface area contributed by atoms with E-state index in [2.05, 4.69) is 12.2 Å². The number of unbranched alkanes of at least 4 members (excludes halogenated alkanes) is 3. The lowest BCUT2D eigenvalue weighted by molar-refractivity contribution is -0.107. The van der Waals surface area contributed by atoms with E-state index in [-0.39, 0.29) is 6.29 Å². The first-order valence-electron chi connectivity index (χ1n) is 5.61. The van der Waals surface area contributed by atoms with Gasteiger partial charge in [-0.05, 0) is 32.1 Å². The van der Waals surface area contributed by atoms with E-state index in [1.807, 2.05) is 0 Å². The Morgan fingerprint density at radius 3 is 2.27 bits per heavy atom. The van der Waals surface area contributed by atoms with Gasteiger partial charge in [0, 0.05) is 20.1 Å². The van der Waals surface area contributed by atoms with Gasteiger partial charge in [0.15, 0.2) is 6.29 Å². The molecule has 0 aromatic rings. The zero-order valence-electron chi connectivity index (χ0n) is 9.88. The minimum Gasteiger partial charge on any atom is -0.356 e. The maximum absolute atomic E-state index is 5.55. The van der Waals surface area contributed by atoms with Gasteiger partial charge in [0.05, 0.1) is 0 Å². The van der Waals surface area contributed by atoms with Crippen molar-refractivity contribution in [3.05, 3.63) is 12.2 Å². The molecule has 15 heavy (non-hydrogen) atoms. The van der Waals surface area contributed by atoms with Crippen LogP contribution in [0.4, 0.5) is 0 Å². The SMILES string of the molecule is COC(CCCCC/C=C\CCCl)OC. The molecule has 0 aliphatic carbocycles. The molecule has 0 atom stereocenters. The van der Waals surface area contributed by atoms with Crippen LogP contribution in [0.15, 0.2) is 12.2 Å². The number of ether oxygens (including phenoxy) is 2. The van der Waals surface area contributed by atoms with E-state index in [0.717, 1.165) is 31.6 Å². The van der Waals surface area contributed by atoms with Crippen molar-refractivity contribution in [3.8, 4) is 0 Å². The second-order valence-corrected chi connectivity index (χ2v) is 3.87. The molecule has 0 N–H and O–H groups in total. The molecule has 0 fully saturated rings. The minimum absolute atomic E-state index is 0.0307. The molecule has 0 saturated carbocycles. The molecule has 0 aliphatic rings. The van der Waals surface area contributed by atoms with Crippen LogP contribution in [0, 0.1) is 0 Å². The van der Waals surface area contributed by atoms with Crippen LogP contribution in [0.25, 0.3) is 0 Å². The van der Waals surface area contributed by atoms with Gasteiger partial charge in [-0.25, -0.2) is 0 Å². The Balaban J connectivity index is 3.17. The molecule has 0 aromatic carbocycles. The van der Waals surface area contributed by atoms with Crippen LogP contribution in [0.2, 0.25) is 0 Å². The topological polar surface area (TPSA) is 18.5 Å². The van der Waals surface area contributed by atoms with Crippen molar-refractivity contribution in [1.82, 2.24) is 0 Å². The Labute approximate surface area is 98.6 Å². The van der Waals surface area contributed by atoms with Gasteiger partial charge in [0.2, 0.25) is 0 Å². The minimum atomic E-state index is -0.0307. The van der Waals surface area contributed by atoms with E-state index in [4.69, 9.17) is 21.1 Å². The summed E-state index contributed by atoms with van der Waals surface area (Å²) in [7, 11) is 3.37. The fourth-order valence-electron chi connectivity index (χ4n) is 1.38. The van der Waals surface area contributed by atoms with Gasteiger partial charge >= 0.3 is 0 Å². The third kappa shape index (κ3) is 10.2. The predicted octanol–water partition coefficient (Wildman–Crippen LogP) is 3.74. The summed E-state index contributed by atoms with van der Waals surface area (Å²) in [6.07, 6.45) is 11.1. The van der Waals surface area contributed by atoms with Gasteiger partial charge in [-0.3, -0.25) is 0 Å². The second-order valence-electron chi connectivity index (χ2n) is 3.49. The standard InChI is InChI=1S/C12H23ClO2/c1-14-12(15-2)10-8-6-4-3-5-7-9-11-13/h5,7,12H,3-4,6,8-11H2,1-2H3/b7-5-. The van der Waals surface area contributed by atoms with E-state index in [9.17, 15) is 0 Å². The number of halogens is 1. The lowest BCUT2D eigenvalue weighted by atomic mass is 10.1. The zero-order chi connectivity index (χ0) is 11.4. The van der Waals surface area contributed by atoms with Gasteiger partial charge in [-0.1, -0.05) is 18.6 Å². The van der Waals surface area contributed by atoms with Gasteiger partial charge in [-0.2, -0.15) is 0 Å². The average molecular weight is 235 g/mol. The molecule has 0 aliphatic heterocycles. The van der Waals surface area contributed by atoms with E-state index < -0.39 is 0 Å². The summed E-state index contributed by atoms with van der Waals surface area (Å²) in [5.74, 6) is 0.722. The largest absolute Gasteiger partial charge is 0.356 e. The van der Waals surface area contributed by atoms with Gasteiger partial charge in [0.25, 0.3) is 0 Å². The van der Waals surface area contributed by atoms with Crippen molar-refractivity contribution in [2.24, 2.45) is 0 Å². The van der Waals surface area contributed by atoms with E-state index >= 15 is 0 Å². The smallest absolute Gasteiger partial charge is 0.156 e. The second kappa shape index (κ2) is 12.0. The summed E-state index contributed by atoms with van der Waals surface area (Å²) in [5, 5.41) is 0. The molecule has 0 aromatic heterocycles. The normalized spacial score (nSPS) is 11.7. The summed E-state index contributed by atoms with van der Waals surface area (Å²) in [5.41, 5.74) is 0. The number of rotatable bonds is 10. The first-order valence-corrected chi connectivity index (χ1v) is 6.15. The van der Waals surface area contributed by atoms with Crippen LogP contribution in [0.5, 0.6) is 0 Å². The highest BCUT2D eigenvalue weighted by molar-refractivity contribution is 6.17. The monoisotopic (exact) mass is 234 g/mol. The number of hydrogen-bond acceptors (Lipinski definition) is 2. The quantitative estimate of drug-likeness (QED) is 0.248. The van der Waals surface area contributed by atoms with Crippen LogP contribution in [0.3, 0.4) is 0 Å². The van der Waals surface area contributed by atoms with Crippen LogP contribution in [0.1, 0.15) is 38.5 Å². The van der Waals surface area contributed by atoms with Gasteiger partial charge in [0.1, 0.15) is 0 Å². The molecular weight excluding hydrogens is 212 g/mol. The van der Waals surface area contributed by atoms with Crippen molar-refractivity contribution in [3.63, 3.8) is 0 Å². The van der Waals surface area contributed by atoms with Crippen LogP contribution < -0.4 is 0 Å². The fraction of sp³-hybridized carbons (Fsp3) is 0.833. The Morgan fingerprint density at radius 1 is 1.00 bits per heavy atom. The molecule has 3 heteroatoms. The molecule has 0 unspecified atom stereocenters. The van der Waals surface area contributed by atoms with Crippen LogP contribution in [-0.4, -0.2) is 26.4 Å². The Bertz CT molecular complexity index is 145. The predicted molar refractivity (Wildman–Crippen MR) is 65.4 cm³/mol. The van der Waals surface area contributed by atoms with E-state index in [1.54, 1.807) is 14.2 Å². The van der Waals surface area contributed by atoms with Crippen molar-refractivity contribution in [1.29, 1.82) is 0 Å². The van der Waals surface area contributed by atoms with Crippen molar-refractivity contribution >= 4 is 11.6 Å². The number of alkyl halides is 1. The molecule has 0 radical (unpaired) electrons. The summed E-state index contributed by atoms with van der Waals surface area (Å²) < 4.78 is 10.2. The maximum atomic E-state index is 5.55. The molecule has 0 spiro atoms. The van der Waals surface area contributed by atoms with Gasteiger partial charge < -0.3 is 9.47 Å². The van der Waals surface area contributed by atoms with E-state index in [0.29, 0.717) is 0 Å². The third-order valence-electron chi connectivity index (χ3n) is 2.28. The van der Waals surface area contributed by atoms with Crippen molar-refractivity contribution < 1.29 is 9.47 Å². The molecule has 0 rings (SSSR count). The third-order valence-corrected chi connectivity index (χ3v) is 2.50. The average Bonchev–Trinajstić information content (AvgIpc) is 2.27. The van der Waals surface area contributed by atoms with Gasteiger partial charge in [-0.15, -0.1) is 11.6 Å². The van der Waals surface area contributed by atoms with Crippen LogP contribution >= 0.6 is 11.6 Å². The molecule has 90 valence electrons. The Kier molecular flexibility index (Phi) is 12.0. The highest BCUT2D eigenvalue weighted by Crippen LogP contribution is 2.08. The van der Waals surface area contributed by atoms with Crippen molar-refractivity contribution in [2.45, 2.75) is 44.8 Å². The molecule has 2 nitrogen and oxygen atoms in total. The summed E-state index contributed by atoms with van der Waals surface area (Å²) >= 11 is 5.55. The molecule has 0 saturated heterocycles. The fourth-order valence-corrected chi connectivity index (χ4v) is 1.51. The zero-order valence-corrected chi connectivity index (χ0v) is 10.6. The van der Waals surface area contributed by atoms with Crippen LogP contribution in [-0.2, 0) is 9.47 Å². The first kappa shape index (κ1) is 14.9. The maximum Gasteiger partial charge on any atom is 0.156 e. The van der Waals surface area contributed by atoms with Crippen molar-refractivity contribution in [2.75, 3.05) is 20.1 Å². The molecule has 0 bridgehead atoms. The van der Waals surface area contributed by atoms with E-state index in [1.165, 1.54) is 12.8 Å². The number of methoxy groups -OCH3 is 2. The number of allylic oxidation sites excluding steroid dienone is 2. The summed E-state index contributed by atoms with van der Waals surface area (Å²) in [6, 6.07) is 0. The lowest BCUT2D eigenvalue weighted by Crippen LogP contribution is -2.12. The molecular formula is C12H23ClO2. The highest BCUT2D eigenvalue weighted by atomic mass is 35.5. The molecule has 0 amide bonds. The first-order chi connectivity index (χ1) is 7.35. The lowest BCUT2D eigenvalue weighted by Gasteiger charge is -2.12.